The van der Waals surface area contributed by atoms with Gasteiger partial charge in [0.15, 0.2) is 0 Å². The molecule has 0 radical (unpaired) electrons. The number of rotatable bonds is 4. The first-order chi connectivity index (χ1) is 11.3. The van der Waals surface area contributed by atoms with Crippen molar-refractivity contribution in [3.05, 3.63) is 23.9 Å². The van der Waals surface area contributed by atoms with E-state index >= 15 is 0 Å². The summed E-state index contributed by atoms with van der Waals surface area (Å²) in [5.41, 5.74) is 3.04. The SMILES string of the molecule is COc1c(C)ccc2c(N3CCC(N(C)S(N)(=O)=O)CC3)cnn12. The molecule has 0 unspecified atom stereocenters. The molecular weight excluding hydrogens is 330 g/mol. The molecule has 2 aromatic heterocycles. The number of nitrogens with zero attached hydrogens (tertiary/aromatic N) is 4. The first-order valence-corrected chi connectivity index (χ1v) is 9.35. The molecule has 1 aliphatic rings. The molecule has 132 valence electrons. The van der Waals surface area contributed by atoms with E-state index < -0.39 is 10.2 Å². The smallest absolute Gasteiger partial charge is 0.276 e. The van der Waals surface area contributed by atoms with E-state index in [1.54, 1.807) is 18.7 Å². The molecule has 8 nitrogen and oxygen atoms in total. The van der Waals surface area contributed by atoms with E-state index in [1.165, 1.54) is 4.31 Å². The van der Waals surface area contributed by atoms with Crippen LogP contribution in [-0.4, -0.2) is 55.6 Å². The summed E-state index contributed by atoms with van der Waals surface area (Å²) in [6, 6.07) is 3.98. The predicted molar refractivity (Wildman–Crippen MR) is 92.6 cm³/mol. The Balaban J connectivity index is 1.82. The summed E-state index contributed by atoms with van der Waals surface area (Å²) in [6.45, 7) is 3.48. The van der Waals surface area contributed by atoms with Crippen LogP contribution in [-0.2, 0) is 10.2 Å². The highest BCUT2D eigenvalue weighted by Crippen LogP contribution is 2.30. The van der Waals surface area contributed by atoms with Crippen molar-refractivity contribution < 1.29 is 13.2 Å². The topological polar surface area (TPSA) is 93.2 Å². The second kappa shape index (κ2) is 6.23. The van der Waals surface area contributed by atoms with Gasteiger partial charge in [0, 0.05) is 31.7 Å². The van der Waals surface area contributed by atoms with Crippen LogP contribution in [0.25, 0.3) is 5.52 Å². The molecule has 2 aromatic rings. The van der Waals surface area contributed by atoms with E-state index in [0.29, 0.717) is 0 Å². The van der Waals surface area contributed by atoms with E-state index in [1.807, 2.05) is 25.3 Å². The fourth-order valence-corrected chi connectivity index (χ4v) is 3.90. The minimum Gasteiger partial charge on any atom is -0.481 e. The molecule has 0 aromatic carbocycles. The summed E-state index contributed by atoms with van der Waals surface area (Å²) < 4.78 is 31.5. The maximum absolute atomic E-state index is 11.5. The van der Waals surface area contributed by atoms with Crippen molar-refractivity contribution in [2.45, 2.75) is 25.8 Å². The van der Waals surface area contributed by atoms with Crippen molar-refractivity contribution >= 4 is 21.4 Å². The number of hydrogen-bond donors (Lipinski definition) is 1. The minimum atomic E-state index is -3.64. The summed E-state index contributed by atoms with van der Waals surface area (Å²) in [6.07, 6.45) is 3.29. The van der Waals surface area contributed by atoms with Gasteiger partial charge >= 0.3 is 0 Å². The van der Waals surface area contributed by atoms with Crippen molar-refractivity contribution in [3.63, 3.8) is 0 Å². The van der Waals surface area contributed by atoms with Gasteiger partial charge in [-0.3, -0.25) is 0 Å². The zero-order chi connectivity index (χ0) is 17.5. The van der Waals surface area contributed by atoms with Crippen LogP contribution < -0.4 is 14.8 Å². The molecule has 0 saturated carbocycles. The maximum Gasteiger partial charge on any atom is 0.276 e. The molecule has 9 heteroatoms. The van der Waals surface area contributed by atoms with E-state index in [0.717, 1.165) is 48.6 Å². The lowest BCUT2D eigenvalue weighted by Crippen LogP contribution is -2.47. The molecule has 3 rings (SSSR count). The number of fused-ring (bicyclic) bond motifs is 1. The Morgan fingerprint density at radius 2 is 2.00 bits per heavy atom. The minimum absolute atomic E-state index is 0.0603. The lowest BCUT2D eigenvalue weighted by Gasteiger charge is -2.36. The van der Waals surface area contributed by atoms with Crippen molar-refractivity contribution in [1.82, 2.24) is 13.9 Å². The highest BCUT2D eigenvalue weighted by Gasteiger charge is 2.28. The van der Waals surface area contributed by atoms with Crippen LogP contribution >= 0.6 is 0 Å². The monoisotopic (exact) mass is 353 g/mol. The molecule has 24 heavy (non-hydrogen) atoms. The molecular formula is C15H23N5O3S. The second-order valence-electron chi connectivity index (χ2n) is 6.13. The van der Waals surface area contributed by atoms with Gasteiger partial charge in [0.1, 0.15) is 0 Å². The van der Waals surface area contributed by atoms with Crippen molar-refractivity contribution in [3.8, 4) is 5.88 Å². The largest absolute Gasteiger partial charge is 0.481 e. The highest BCUT2D eigenvalue weighted by molar-refractivity contribution is 7.86. The Labute approximate surface area is 142 Å². The van der Waals surface area contributed by atoms with Crippen LogP contribution in [0.3, 0.4) is 0 Å². The molecule has 0 amide bonds. The Bertz CT molecular complexity index is 840. The third-order valence-electron chi connectivity index (χ3n) is 4.72. The van der Waals surface area contributed by atoms with E-state index in [9.17, 15) is 8.42 Å². The Hall–Kier alpha value is -1.84. The number of nitrogens with two attached hydrogens (primary N) is 1. The number of aryl methyl sites for hydroxylation is 1. The van der Waals surface area contributed by atoms with Gasteiger partial charge in [-0.1, -0.05) is 6.07 Å². The average Bonchev–Trinajstić information content (AvgIpc) is 2.97. The molecule has 1 fully saturated rings. The zero-order valence-electron chi connectivity index (χ0n) is 14.1. The molecule has 3 heterocycles. The van der Waals surface area contributed by atoms with Gasteiger partial charge in [-0.15, -0.1) is 0 Å². The number of hydrogen-bond acceptors (Lipinski definition) is 5. The van der Waals surface area contributed by atoms with Gasteiger partial charge in [0.2, 0.25) is 5.88 Å². The van der Waals surface area contributed by atoms with Crippen molar-refractivity contribution in [1.29, 1.82) is 0 Å². The quantitative estimate of drug-likeness (QED) is 0.876. The molecule has 1 aliphatic heterocycles. The molecule has 1 saturated heterocycles. The number of piperidine rings is 1. The normalized spacial score (nSPS) is 17.0. The summed E-state index contributed by atoms with van der Waals surface area (Å²) in [4.78, 5) is 2.23. The summed E-state index contributed by atoms with van der Waals surface area (Å²) in [7, 11) is -0.463. The number of anilines is 1. The zero-order valence-corrected chi connectivity index (χ0v) is 15.0. The lowest BCUT2D eigenvalue weighted by molar-refractivity contribution is 0.312. The Morgan fingerprint density at radius 1 is 1.33 bits per heavy atom. The predicted octanol–water partition coefficient (Wildman–Crippen LogP) is 0.755. The Kier molecular flexibility index (Phi) is 4.41. The van der Waals surface area contributed by atoms with Crippen LogP contribution in [0.5, 0.6) is 5.88 Å². The van der Waals surface area contributed by atoms with Gasteiger partial charge in [-0.05, 0) is 25.8 Å². The first kappa shape index (κ1) is 17.0. The van der Waals surface area contributed by atoms with Crippen LogP contribution in [0.15, 0.2) is 18.3 Å². The van der Waals surface area contributed by atoms with Gasteiger partial charge < -0.3 is 9.64 Å². The van der Waals surface area contributed by atoms with Gasteiger partial charge in [0.05, 0.1) is 24.5 Å². The molecule has 2 N–H and O–H groups in total. The number of ether oxygens (including phenoxy) is 1. The molecule has 0 atom stereocenters. The van der Waals surface area contributed by atoms with Gasteiger partial charge in [-0.25, -0.2) is 5.14 Å². The standard InChI is InChI=1S/C15H23N5O3S/c1-11-4-5-13-14(10-17-20(13)15(11)23-3)19-8-6-12(7-9-19)18(2)24(16,21)22/h4-5,10,12H,6-9H2,1-3H3,(H2,16,21,22). The highest BCUT2D eigenvalue weighted by atomic mass is 32.2. The van der Waals surface area contributed by atoms with Gasteiger partial charge in [-0.2, -0.15) is 22.3 Å². The van der Waals surface area contributed by atoms with Crippen LogP contribution in [0.4, 0.5) is 5.69 Å². The van der Waals surface area contributed by atoms with Crippen molar-refractivity contribution in [2.75, 3.05) is 32.1 Å². The second-order valence-corrected chi connectivity index (χ2v) is 7.74. The number of pyridine rings is 1. The molecule has 0 bridgehead atoms. The third kappa shape index (κ3) is 2.94. The fraction of sp³-hybridized carbons (Fsp3) is 0.533. The van der Waals surface area contributed by atoms with E-state index in [2.05, 4.69) is 10.00 Å². The third-order valence-corrected chi connectivity index (χ3v) is 5.82. The fourth-order valence-electron chi connectivity index (χ4n) is 3.28. The molecule has 0 spiro atoms. The Morgan fingerprint density at radius 3 is 2.58 bits per heavy atom. The average molecular weight is 353 g/mol. The first-order valence-electron chi connectivity index (χ1n) is 7.85. The summed E-state index contributed by atoms with van der Waals surface area (Å²) in [5, 5.41) is 9.66. The van der Waals surface area contributed by atoms with Crippen molar-refractivity contribution in [2.24, 2.45) is 5.14 Å². The van der Waals surface area contributed by atoms with Crippen LogP contribution in [0.1, 0.15) is 18.4 Å². The van der Waals surface area contributed by atoms with Crippen LogP contribution in [0, 0.1) is 6.92 Å². The van der Waals surface area contributed by atoms with E-state index in [4.69, 9.17) is 9.88 Å². The number of methoxy groups -OCH3 is 1. The van der Waals surface area contributed by atoms with Gasteiger partial charge in [0.25, 0.3) is 10.2 Å². The lowest BCUT2D eigenvalue weighted by atomic mass is 10.0. The maximum atomic E-state index is 11.5. The van der Waals surface area contributed by atoms with E-state index in [-0.39, 0.29) is 6.04 Å². The van der Waals surface area contributed by atoms with Crippen LogP contribution in [0.2, 0.25) is 0 Å². The summed E-state index contributed by atoms with van der Waals surface area (Å²) >= 11 is 0. The molecule has 0 aliphatic carbocycles. The summed E-state index contributed by atoms with van der Waals surface area (Å²) in [5.74, 6) is 0.725. The number of aromatic nitrogens is 2.